The lowest BCUT2D eigenvalue weighted by Gasteiger charge is -2.27. The molecule has 0 N–H and O–H groups in total. The van der Waals surface area contributed by atoms with Crippen molar-refractivity contribution in [3.05, 3.63) is 12.2 Å². The van der Waals surface area contributed by atoms with Crippen LogP contribution in [0.4, 0.5) is 0 Å². The summed E-state index contributed by atoms with van der Waals surface area (Å²) < 4.78 is 0. The van der Waals surface area contributed by atoms with Crippen molar-refractivity contribution in [3.63, 3.8) is 0 Å². The van der Waals surface area contributed by atoms with Crippen molar-refractivity contribution in [1.82, 2.24) is 0 Å². The molecule has 0 aromatic rings. The van der Waals surface area contributed by atoms with Gasteiger partial charge in [0.05, 0.1) is 0 Å². The monoisotopic (exact) mass is 164 g/mol. The highest BCUT2D eigenvalue weighted by Crippen LogP contribution is 2.41. The van der Waals surface area contributed by atoms with Crippen LogP contribution in [0.15, 0.2) is 12.2 Å². The molecule has 2 rings (SSSR count). The van der Waals surface area contributed by atoms with Crippen LogP contribution in [0.5, 0.6) is 0 Å². The van der Waals surface area contributed by atoms with Crippen LogP contribution in [0.2, 0.25) is 0 Å². The smallest absolute Gasteiger partial charge is 0.133 e. The SMILES string of the molecule is CCC1C=CCC2CC(=O)CC12. The molecular weight excluding hydrogens is 148 g/mol. The number of carbonyl (C=O) groups excluding carboxylic acids is 1. The van der Waals surface area contributed by atoms with Gasteiger partial charge in [0.25, 0.3) is 0 Å². The maximum atomic E-state index is 11.2. The van der Waals surface area contributed by atoms with Crippen LogP contribution in [0.1, 0.15) is 32.6 Å². The lowest BCUT2D eigenvalue weighted by Crippen LogP contribution is -2.19. The van der Waals surface area contributed by atoms with Gasteiger partial charge in [0, 0.05) is 12.8 Å². The minimum absolute atomic E-state index is 0.493. The number of fused-ring (bicyclic) bond motifs is 1. The Balaban J connectivity index is 2.14. The van der Waals surface area contributed by atoms with Gasteiger partial charge in [-0.15, -0.1) is 0 Å². The van der Waals surface area contributed by atoms with Crippen LogP contribution in [-0.2, 0) is 4.79 Å². The Hall–Kier alpha value is -0.590. The molecule has 0 saturated heterocycles. The quantitative estimate of drug-likeness (QED) is 0.544. The number of rotatable bonds is 1. The Bertz CT molecular complexity index is 217. The second kappa shape index (κ2) is 3.04. The van der Waals surface area contributed by atoms with E-state index in [4.69, 9.17) is 0 Å². The summed E-state index contributed by atoms with van der Waals surface area (Å²) in [4.78, 5) is 11.2. The third-order valence-electron chi connectivity index (χ3n) is 3.40. The predicted octanol–water partition coefficient (Wildman–Crippen LogP) is 2.57. The molecule has 1 nitrogen and oxygen atoms in total. The van der Waals surface area contributed by atoms with E-state index in [-0.39, 0.29) is 0 Å². The van der Waals surface area contributed by atoms with Gasteiger partial charge in [0.15, 0.2) is 0 Å². The maximum absolute atomic E-state index is 11.2. The van der Waals surface area contributed by atoms with Gasteiger partial charge in [0.1, 0.15) is 5.78 Å². The number of allylic oxidation sites excluding steroid dienone is 2. The molecular formula is C11H16O. The largest absolute Gasteiger partial charge is 0.300 e. The third kappa shape index (κ3) is 1.21. The molecule has 12 heavy (non-hydrogen) atoms. The molecule has 0 radical (unpaired) electrons. The Morgan fingerprint density at radius 1 is 1.50 bits per heavy atom. The van der Waals surface area contributed by atoms with E-state index in [0.717, 1.165) is 19.3 Å². The number of ketones is 1. The van der Waals surface area contributed by atoms with Crippen LogP contribution in [-0.4, -0.2) is 5.78 Å². The Kier molecular flexibility index (Phi) is 2.03. The van der Waals surface area contributed by atoms with E-state index in [1.165, 1.54) is 6.42 Å². The highest BCUT2D eigenvalue weighted by Gasteiger charge is 2.37. The first-order chi connectivity index (χ1) is 5.81. The van der Waals surface area contributed by atoms with E-state index in [1.807, 2.05) is 0 Å². The van der Waals surface area contributed by atoms with Gasteiger partial charge in [0.2, 0.25) is 0 Å². The fourth-order valence-electron chi connectivity index (χ4n) is 2.73. The highest BCUT2D eigenvalue weighted by atomic mass is 16.1. The molecule has 0 aromatic heterocycles. The highest BCUT2D eigenvalue weighted by molar-refractivity contribution is 5.81. The van der Waals surface area contributed by atoms with E-state index in [0.29, 0.717) is 23.5 Å². The molecule has 0 heterocycles. The summed E-state index contributed by atoms with van der Waals surface area (Å²) in [5.74, 6) is 2.56. The Morgan fingerprint density at radius 2 is 2.33 bits per heavy atom. The molecule has 3 atom stereocenters. The summed E-state index contributed by atoms with van der Waals surface area (Å²) in [7, 11) is 0. The standard InChI is InChI=1S/C11H16O/c1-2-8-4-3-5-9-6-10(12)7-11(8)9/h3-4,8-9,11H,2,5-7H2,1H3. The Morgan fingerprint density at radius 3 is 3.08 bits per heavy atom. The van der Waals surface area contributed by atoms with E-state index in [9.17, 15) is 4.79 Å². The first kappa shape index (κ1) is 8.03. The van der Waals surface area contributed by atoms with Crippen LogP contribution in [0.3, 0.4) is 0 Å². The minimum Gasteiger partial charge on any atom is -0.300 e. The van der Waals surface area contributed by atoms with Crippen LogP contribution in [0.25, 0.3) is 0 Å². The fraction of sp³-hybridized carbons (Fsp3) is 0.727. The van der Waals surface area contributed by atoms with Crippen molar-refractivity contribution < 1.29 is 4.79 Å². The number of hydrogen-bond donors (Lipinski definition) is 0. The molecule has 1 fully saturated rings. The zero-order valence-corrected chi connectivity index (χ0v) is 7.62. The fourth-order valence-corrected chi connectivity index (χ4v) is 2.73. The van der Waals surface area contributed by atoms with Gasteiger partial charge >= 0.3 is 0 Å². The lowest BCUT2D eigenvalue weighted by atomic mass is 9.77. The molecule has 2 aliphatic rings. The van der Waals surface area contributed by atoms with E-state index < -0.39 is 0 Å². The van der Waals surface area contributed by atoms with Crippen molar-refractivity contribution in [2.45, 2.75) is 32.6 Å². The topological polar surface area (TPSA) is 17.1 Å². The normalized spacial score (nSPS) is 40.1. The molecule has 0 aromatic carbocycles. The summed E-state index contributed by atoms with van der Waals surface area (Å²) in [6.07, 6.45) is 8.64. The minimum atomic E-state index is 0.493. The molecule has 3 unspecified atom stereocenters. The summed E-state index contributed by atoms with van der Waals surface area (Å²) in [5, 5.41) is 0. The molecule has 0 bridgehead atoms. The first-order valence-corrected chi connectivity index (χ1v) is 4.99. The van der Waals surface area contributed by atoms with Crippen molar-refractivity contribution in [2.75, 3.05) is 0 Å². The molecule has 66 valence electrons. The van der Waals surface area contributed by atoms with Gasteiger partial charge in [-0.2, -0.15) is 0 Å². The molecule has 0 spiro atoms. The average Bonchev–Trinajstić information content (AvgIpc) is 2.44. The second-order valence-corrected chi connectivity index (χ2v) is 4.11. The van der Waals surface area contributed by atoms with E-state index in [1.54, 1.807) is 0 Å². The lowest BCUT2D eigenvalue weighted by molar-refractivity contribution is -0.117. The Labute approximate surface area is 73.8 Å². The van der Waals surface area contributed by atoms with Gasteiger partial charge in [-0.1, -0.05) is 19.1 Å². The maximum Gasteiger partial charge on any atom is 0.133 e. The second-order valence-electron chi connectivity index (χ2n) is 4.11. The third-order valence-corrected chi connectivity index (χ3v) is 3.40. The summed E-state index contributed by atoms with van der Waals surface area (Å²) in [6.45, 7) is 2.22. The van der Waals surface area contributed by atoms with Gasteiger partial charge in [-0.05, 0) is 30.6 Å². The van der Waals surface area contributed by atoms with Gasteiger partial charge in [-0.3, -0.25) is 4.79 Å². The van der Waals surface area contributed by atoms with Crippen LogP contribution >= 0.6 is 0 Å². The molecule has 1 heteroatoms. The van der Waals surface area contributed by atoms with E-state index in [2.05, 4.69) is 19.1 Å². The van der Waals surface area contributed by atoms with Crippen LogP contribution < -0.4 is 0 Å². The number of carbonyl (C=O) groups is 1. The van der Waals surface area contributed by atoms with Crippen molar-refractivity contribution >= 4 is 5.78 Å². The number of hydrogen-bond acceptors (Lipinski definition) is 1. The van der Waals surface area contributed by atoms with Crippen LogP contribution in [0, 0.1) is 17.8 Å². The predicted molar refractivity (Wildman–Crippen MR) is 48.8 cm³/mol. The first-order valence-electron chi connectivity index (χ1n) is 4.99. The van der Waals surface area contributed by atoms with Crippen molar-refractivity contribution in [3.8, 4) is 0 Å². The van der Waals surface area contributed by atoms with Gasteiger partial charge in [-0.25, -0.2) is 0 Å². The summed E-state index contributed by atoms with van der Waals surface area (Å²) in [6, 6.07) is 0. The zero-order valence-electron chi connectivity index (χ0n) is 7.62. The zero-order chi connectivity index (χ0) is 8.55. The summed E-state index contributed by atoms with van der Waals surface area (Å²) >= 11 is 0. The molecule has 1 saturated carbocycles. The summed E-state index contributed by atoms with van der Waals surface area (Å²) in [5.41, 5.74) is 0. The van der Waals surface area contributed by atoms with Crippen molar-refractivity contribution in [2.24, 2.45) is 17.8 Å². The van der Waals surface area contributed by atoms with Gasteiger partial charge < -0.3 is 0 Å². The average molecular weight is 164 g/mol. The molecule has 2 aliphatic carbocycles. The molecule has 0 aliphatic heterocycles. The van der Waals surface area contributed by atoms with E-state index >= 15 is 0 Å². The number of Topliss-reactive ketones (excluding diaryl/α,β-unsaturated/α-hetero) is 1. The molecule has 0 amide bonds. The van der Waals surface area contributed by atoms with Crippen molar-refractivity contribution in [1.29, 1.82) is 0 Å².